The Balaban J connectivity index is 1.44. The molecule has 4 heterocycles. The van der Waals surface area contributed by atoms with Crippen molar-refractivity contribution >= 4 is 28.5 Å². The van der Waals surface area contributed by atoms with Crippen LogP contribution in [0.4, 0.5) is 29.5 Å². The first-order chi connectivity index (χ1) is 19.3. The molecule has 0 spiro atoms. The molecule has 5 rings (SSSR count). The first-order valence-electron chi connectivity index (χ1n) is 14.1. The van der Waals surface area contributed by atoms with Crippen molar-refractivity contribution in [2.24, 2.45) is 0 Å². The van der Waals surface area contributed by atoms with Gasteiger partial charge in [0.1, 0.15) is 16.5 Å². The molecule has 0 radical (unpaired) electrons. The molecule has 2 aliphatic rings. The summed E-state index contributed by atoms with van der Waals surface area (Å²) >= 11 is 0. The smallest absolute Gasteiger partial charge is 0.410 e. The normalized spacial score (nSPS) is 21.3. The van der Waals surface area contributed by atoms with E-state index >= 15 is 0 Å². The van der Waals surface area contributed by atoms with Crippen LogP contribution in [-0.4, -0.2) is 57.2 Å². The summed E-state index contributed by atoms with van der Waals surface area (Å²) in [4.78, 5) is 30.0. The van der Waals surface area contributed by atoms with Gasteiger partial charge in [0.2, 0.25) is 0 Å². The van der Waals surface area contributed by atoms with Gasteiger partial charge >= 0.3 is 12.3 Å². The highest BCUT2D eigenvalue weighted by Gasteiger charge is 2.57. The van der Waals surface area contributed by atoms with Crippen molar-refractivity contribution in [3.8, 4) is 0 Å². The van der Waals surface area contributed by atoms with Crippen LogP contribution in [0.5, 0.6) is 0 Å². The molecule has 2 aliphatic heterocycles. The maximum atomic E-state index is 14.0. The molecule has 1 aromatic carbocycles. The minimum Gasteiger partial charge on any atom is -0.444 e. The fraction of sp³-hybridized carbons (Fsp3) is 0.552. The van der Waals surface area contributed by atoms with Gasteiger partial charge < -0.3 is 19.9 Å². The van der Waals surface area contributed by atoms with Gasteiger partial charge in [-0.25, -0.2) is 4.79 Å². The van der Waals surface area contributed by atoms with E-state index in [-0.39, 0.29) is 23.6 Å². The van der Waals surface area contributed by atoms with Crippen molar-refractivity contribution in [1.82, 2.24) is 25.0 Å². The minimum absolute atomic E-state index is 0.0157. The van der Waals surface area contributed by atoms with E-state index in [0.717, 1.165) is 6.42 Å². The number of carbonyl (C=O) groups is 1. The fourth-order valence-electron chi connectivity index (χ4n) is 6.04. The number of fused-ring (bicyclic) bond motifs is 1. The zero-order valence-corrected chi connectivity index (χ0v) is 23.8. The maximum absolute atomic E-state index is 14.0. The molecule has 0 saturated carbocycles. The lowest BCUT2D eigenvalue weighted by Gasteiger charge is -2.42. The first-order valence-corrected chi connectivity index (χ1v) is 14.1. The number of nitrogens with one attached hydrogen (secondary N) is 3. The van der Waals surface area contributed by atoms with E-state index in [4.69, 9.17) is 9.84 Å². The van der Waals surface area contributed by atoms with E-state index in [2.05, 4.69) is 22.5 Å². The minimum atomic E-state index is -4.42. The van der Waals surface area contributed by atoms with Crippen LogP contribution in [0, 0.1) is 0 Å². The summed E-state index contributed by atoms with van der Waals surface area (Å²) in [6, 6.07) is 7.91. The number of carbonyl (C=O) groups excluding carboxylic acids is 1. The number of nitrogens with zero attached hydrogens (tertiary/aromatic N) is 3. The summed E-state index contributed by atoms with van der Waals surface area (Å²) in [6.07, 6.45) is -0.812. The van der Waals surface area contributed by atoms with E-state index in [0.29, 0.717) is 61.3 Å². The average Bonchev–Trinajstić information content (AvgIpc) is 3.56. The van der Waals surface area contributed by atoms with Crippen LogP contribution in [0.1, 0.15) is 65.4 Å². The molecule has 2 saturated heterocycles. The standard InChI is InChI=1S/C29H37F3N6O3/c1-5-27(13-17-37(18-14-27)25(40)41-26(2,3)4)38-21-11-16-33-24(39)22(21)23(36-38)35-20-9-7-19(8-10-20)28(29(30,31)32)12-6-15-34-28/h7-11,16,34H,5-6,12-15,17-18H2,1-4H3,(H,33,39)(H,35,36). The summed E-state index contributed by atoms with van der Waals surface area (Å²) in [7, 11) is 0. The summed E-state index contributed by atoms with van der Waals surface area (Å²) in [5.74, 6) is 0.321. The van der Waals surface area contributed by atoms with Crippen LogP contribution in [0.3, 0.4) is 0 Å². The third kappa shape index (κ3) is 5.29. The number of hydrogen-bond acceptors (Lipinski definition) is 6. The van der Waals surface area contributed by atoms with E-state index < -0.39 is 22.9 Å². The third-order valence-electron chi connectivity index (χ3n) is 8.34. The maximum Gasteiger partial charge on any atom is 0.410 e. The lowest BCUT2D eigenvalue weighted by molar-refractivity contribution is -0.196. The van der Waals surface area contributed by atoms with Crippen LogP contribution in [0.25, 0.3) is 10.9 Å². The number of amides is 1. The zero-order chi connectivity index (χ0) is 29.6. The molecule has 3 N–H and O–H groups in total. The van der Waals surface area contributed by atoms with E-state index in [9.17, 15) is 22.8 Å². The molecule has 3 aromatic rings. The number of piperidine rings is 1. The molecule has 222 valence electrons. The van der Waals surface area contributed by atoms with Gasteiger partial charge in [-0.15, -0.1) is 0 Å². The van der Waals surface area contributed by atoms with Crippen LogP contribution in [0.2, 0.25) is 0 Å². The topological polar surface area (TPSA) is 104 Å². The monoisotopic (exact) mass is 574 g/mol. The van der Waals surface area contributed by atoms with Gasteiger partial charge in [0.25, 0.3) is 5.56 Å². The fourth-order valence-corrected chi connectivity index (χ4v) is 6.04. The van der Waals surface area contributed by atoms with Gasteiger partial charge in [-0.05, 0) is 83.2 Å². The molecule has 1 atom stereocenters. The molecule has 0 bridgehead atoms. The Labute approximate surface area is 236 Å². The van der Waals surface area contributed by atoms with E-state index in [1.165, 1.54) is 12.1 Å². The number of ether oxygens (including phenoxy) is 1. The Kier molecular flexibility index (Phi) is 7.33. The second kappa shape index (κ2) is 10.4. The lowest BCUT2D eigenvalue weighted by Crippen LogP contribution is -2.49. The molecule has 12 heteroatoms. The molecular formula is C29H37F3N6O3. The third-order valence-corrected chi connectivity index (χ3v) is 8.34. The Hall–Kier alpha value is -3.54. The summed E-state index contributed by atoms with van der Waals surface area (Å²) < 4.78 is 49.4. The van der Waals surface area contributed by atoms with Gasteiger partial charge in [0, 0.05) is 25.0 Å². The van der Waals surface area contributed by atoms with Crippen LogP contribution < -0.4 is 16.2 Å². The second-order valence-electron chi connectivity index (χ2n) is 12.0. The number of pyridine rings is 1. The Morgan fingerprint density at radius 2 is 1.78 bits per heavy atom. The Bertz CT molecular complexity index is 1460. The lowest BCUT2D eigenvalue weighted by atomic mass is 9.85. The van der Waals surface area contributed by atoms with Gasteiger partial charge in [0.15, 0.2) is 5.82 Å². The number of aromatic nitrogens is 3. The van der Waals surface area contributed by atoms with Crippen LogP contribution in [0.15, 0.2) is 41.3 Å². The molecule has 9 nitrogen and oxygen atoms in total. The molecule has 0 aliphatic carbocycles. The van der Waals surface area contributed by atoms with Crippen molar-refractivity contribution in [2.75, 3.05) is 25.0 Å². The number of aromatic amines is 1. The van der Waals surface area contributed by atoms with Gasteiger partial charge in [-0.3, -0.25) is 14.8 Å². The number of likely N-dealkylation sites (tertiary alicyclic amines) is 1. The number of hydrogen-bond donors (Lipinski definition) is 3. The molecule has 1 amide bonds. The summed E-state index contributed by atoms with van der Waals surface area (Å²) in [6.45, 7) is 8.82. The predicted molar refractivity (Wildman–Crippen MR) is 150 cm³/mol. The largest absolute Gasteiger partial charge is 0.444 e. The van der Waals surface area contributed by atoms with Crippen molar-refractivity contribution < 1.29 is 22.7 Å². The number of anilines is 2. The molecular weight excluding hydrogens is 537 g/mol. The van der Waals surface area contributed by atoms with Crippen LogP contribution >= 0.6 is 0 Å². The van der Waals surface area contributed by atoms with E-state index in [1.807, 2.05) is 25.5 Å². The van der Waals surface area contributed by atoms with E-state index in [1.54, 1.807) is 29.3 Å². The summed E-state index contributed by atoms with van der Waals surface area (Å²) in [5, 5.41) is 11.0. The highest BCUT2D eigenvalue weighted by Crippen LogP contribution is 2.45. The van der Waals surface area contributed by atoms with Crippen molar-refractivity contribution in [1.29, 1.82) is 0 Å². The van der Waals surface area contributed by atoms with Crippen LogP contribution in [-0.2, 0) is 15.8 Å². The highest BCUT2D eigenvalue weighted by atomic mass is 19.4. The van der Waals surface area contributed by atoms with Gasteiger partial charge in [0.05, 0.1) is 11.1 Å². The van der Waals surface area contributed by atoms with Crippen molar-refractivity contribution in [3.63, 3.8) is 0 Å². The second-order valence-corrected chi connectivity index (χ2v) is 12.0. The SMILES string of the molecule is CCC1(n2nc(Nc3ccc(C4(C(F)(F)F)CCCN4)cc3)c3c(=O)[nH]ccc32)CCN(C(=O)OC(C)(C)C)CC1. The molecule has 2 fully saturated rings. The Morgan fingerprint density at radius 1 is 1.10 bits per heavy atom. The highest BCUT2D eigenvalue weighted by molar-refractivity contribution is 5.91. The quantitative estimate of drug-likeness (QED) is 0.359. The number of alkyl halides is 3. The molecule has 2 aromatic heterocycles. The number of H-pyrrole nitrogens is 1. The van der Waals surface area contributed by atoms with Gasteiger partial charge in [-0.2, -0.15) is 18.3 Å². The first kappa shape index (κ1) is 29.0. The number of rotatable bonds is 5. The zero-order valence-electron chi connectivity index (χ0n) is 23.8. The predicted octanol–water partition coefficient (Wildman–Crippen LogP) is 5.75. The molecule has 41 heavy (non-hydrogen) atoms. The van der Waals surface area contributed by atoms with Crippen molar-refractivity contribution in [2.45, 2.75) is 82.7 Å². The van der Waals surface area contributed by atoms with Gasteiger partial charge in [-0.1, -0.05) is 19.1 Å². The summed E-state index contributed by atoms with van der Waals surface area (Å²) in [5.41, 5.74) is -2.09. The average molecular weight is 575 g/mol. The van der Waals surface area contributed by atoms with Crippen molar-refractivity contribution in [3.05, 3.63) is 52.4 Å². The molecule has 1 unspecified atom stereocenters. The Morgan fingerprint density at radius 3 is 2.34 bits per heavy atom. The number of halogens is 3. The number of benzene rings is 1.